The highest BCUT2D eigenvalue weighted by Crippen LogP contribution is 2.32. The van der Waals surface area contributed by atoms with Crippen LogP contribution in [0.1, 0.15) is 43.1 Å². The number of para-hydroxylation sites is 1. The Hall–Kier alpha value is -2.18. The summed E-state index contributed by atoms with van der Waals surface area (Å²) in [5.74, 6) is 0.115. The molecule has 1 amide bonds. The number of hydrogen-bond donors (Lipinski definition) is 0. The van der Waals surface area contributed by atoms with Crippen molar-refractivity contribution in [2.75, 3.05) is 39.8 Å². The van der Waals surface area contributed by atoms with E-state index in [4.69, 9.17) is 4.74 Å². The third-order valence-corrected chi connectivity index (χ3v) is 6.35. The quantitative estimate of drug-likeness (QED) is 0.765. The fourth-order valence-corrected chi connectivity index (χ4v) is 4.55. The van der Waals surface area contributed by atoms with Crippen LogP contribution in [0.3, 0.4) is 0 Å². The molecule has 3 heterocycles. The monoisotopic (exact) mass is 383 g/mol. The van der Waals surface area contributed by atoms with Gasteiger partial charge in [-0.3, -0.25) is 9.59 Å². The molecule has 2 fully saturated rings. The van der Waals surface area contributed by atoms with Crippen LogP contribution in [0.25, 0.3) is 10.9 Å². The number of Topliss-reactive ketones (excluding diaryl/α,β-unsaturated/α-hetero) is 1. The summed E-state index contributed by atoms with van der Waals surface area (Å²) in [5.41, 5.74) is 1.39. The molecular weight excluding hydrogens is 354 g/mol. The lowest BCUT2D eigenvalue weighted by atomic mass is 9.89. The van der Waals surface area contributed by atoms with E-state index < -0.39 is 0 Å². The molecule has 28 heavy (non-hydrogen) atoms. The van der Waals surface area contributed by atoms with Gasteiger partial charge in [0.05, 0.1) is 12.2 Å². The van der Waals surface area contributed by atoms with Crippen molar-refractivity contribution in [1.82, 2.24) is 14.4 Å². The average Bonchev–Trinajstić information content (AvgIpc) is 3.09. The van der Waals surface area contributed by atoms with Crippen LogP contribution in [0.15, 0.2) is 30.5 Å². The van der Waals surface area contributed by atoms with E-state index in [1.807, 2.05) is 46.9 Å². The zero-order valence-electron chi connectivity index (χ0n) is 17.0. The Kier molecular flexibility index (Phi) is 5.02. The third kappa shape index (κ3) is 3.35. The SMILES string of the molecule is CC(=O)c1cn(C(C)C(=O)N2CCOC3(CCN(C)CC3)C2)c2ccccc12. The highest BCUT2D eigenvalue weighted by atomic mass is 16.5. The molecule has 2 aromatic rings. The van der Waals surface area contributed by atoms with Gasteiger partial charge in [0, 0.05) is 48.8 Å². The molecule has 150 valence electrons. The van der Waals surface area contributed by atoms with Gasteiger partial charge < -0.3 is 19.1 Å². The normalized spacial score (nSPS) is 21.2. The van der Waals surface area contributed by atoms with Gasteiger partial charge >= 0.3 is 0 Å². The van der Waals surface area contributed by atoms with Crippen LogP contribution in [0.5, 0.6) is 0 Å². The zero-order chi connectivity index (χ0) is 19.9. The molecule has 0 saturated carbocycles. The van der Waals surface area contributed by atoms with Crippen LogP contribution >= 0.6 is 0 Å². The predicted molar refractivity (Wildman–Crippen MR) is 109 cm³/mol. The number of hydrogen-bond acceptors (Lipinski definition) is 4. The largest absolute Gasteiger partial charge is 0.371 e. The van der Waals surface area contributed by atoms with Gasteiger partial charge in [0.2, 0.25) is 5.91 Å². The maximum Gasteiger partial charge on any atom is 0.245 e. The number of carbonyl (C=O) groups excluding carboxylic acids is 2. The molecule has 2 aliphatic rings. The van der Waals surface area contributed by atoms with Crippen LogP contribution < -0.4 is 0 Å². The minimum Gasteiger partial charge on any atom is -0.371 e. The van der Waals surface area contributed by atoms with E-state index in [1.54, 1.807) is 6.92 Å². The maximum atomic E-state index is 13.4. The molecule has 0 radical (unpaired) electrons. The molecule has 1 spiro atoms. The Labute approximate surface area is 166 Å². The predicted octanol–water partition coefficient (Wildman–Crippen LogP) is 2.73. The summed E-state index contributed by atoms with van der Waals surface area (Å²) in [4.78, 5) is 29.7. The number of benzene rings is 1. The van der Waals surface area contributed by atoms with E-state index in [0.717, 1.165) is 36.8 Å². The Morgan fingerprint density at radius 3 is 2.57 bits per heavy atom. The third-order valence-electron chi connectivity index (χ3n) is 6.35. The number of nitrogens with zero attached hydrogens (tertiary/aromatic N) is 3. The first-order valence-electron chi connectivity index (χ1n) is 10.1. The summed E-state index contributed by atoms with van der Waals surface area (Å²) in [6.07, 6.45) is 3.76. The van der Waals surface area contributed by atoms with Crippen molar-refractivity contribution in [3.63, 3.8) is 0 Å². The van der Waals surface area contributed by atoms with Gasteiger partial charge in [-0.25, -0.2) is 0 Å². The van der Waals surface area contributed by atoms with Gasteiger partial charge in [0.15, 0.2) is 5.78 Å². The van der Waals surface area contributed by atoms with Gasteiger partial charge in [0.25, 0.3) is 0 Å². The number of ketones is 1. The second-order valence-corrected chi connectivity index (χ2v) is 8.29. The Balaban J connectivity index is 1.58. The van der Waals surface area contributed by atoms with Gasteiger partial charge in [-0.1, -0.05) is 18.2 Å². The molecule has 1 atom stereocenters. The second kappa shape index (κ2) is 7.33. The van der Waals surface area contributed by atoms with Crippen LogP contribution in [-0.2, 0) is 9.53 Å². The standard InChI is InChI=1S/C22H29N3O3/c1-16(25-14-19(17(2)26)18-6-4-5-7-20(18)25)21(27)24-12-13-28-22(15-24)8-10-23(3)11-9-22/h4-7,14,16H,8-13,15H2,1-3H3. The van der Waals surface area contributed by atoms with E-state index in [0.29, 0.717) is 25.3 Å². The summed E-state index contributed by atoms with van der Waals surface area (Å²) in [5, 5.41) is 0.906. The van der Waals surface area contributed by atoms with Gasteiger partial charge in [0.1, 0.15) is 6.04 Å². The van der Waals surface area contributed by atoms with E-state index >= 15 is 0 Å². The number of amides is 1. The summed E-state index contributed by atoms with van der Waals surface area (Å²) < 4.78 is 8.10. The van der Waals surface area contributed by atoms with E-state index in [2.05, 4.69) is 11.9 Å². The van der Waals surface area contributed by atoms with Crippen molar-refractivity contribution in [3.8, 4) is 0 Å². The number of carbonyl (C=O) groups is 2. The smallest absolute Gasteiger partial charge is 0.245 e. The summed E-state index contributed by atoms with van der Waals surface area (Å²) in [7, 11) is 2.13. The lowest BCUT2D eigenvalue weighted by molar-refractivity contribution is -0.161. The molecule has 6 nitrogen and oxygen atoms in total. The molecule has 0 aliphatic carbocycles. The molecular formula is C22H29N3O3. The number of morpholine rings is 1. The summed E-state index contributed by atoms with van der Waals surface area (Å²) >= 11 is 0. The molecule has 4 rings (SSSR count). The van der Waals surface area contributed by atoms with Gasteiger partial charge in [-0.15, -0.1) is 0 Å². The van der Waals surface area contributed by atoms with Crippen LogP contribution in [0.2, 0.25) is 0 Å². The molecule has 0 N–H and O–H groups in total. The minimum absolute atomic E-state index is 0.0197. The fourth-order valence-electron chi connectivity index (χ4n) is 4.55. The van der Waals surface area contributed by atoms with Crippen molar-refractivity contribution < 1.29 is 14.3 Å². The van der Waals surface area contributed by atoms with E-state index in [1.165, 1.54) is 0 Å². The van der Waals surface area contributed by atoms with Crippen LogP contribution in [-0.4, -0.2) is 71.5 Å². The highest BCUT2D eigenvalue weighted by Gasteiger charge is 2.41. The minimum atomic E-state index is -0.362. The van der Waals surface area contributed by atoms with E-state index in [9.17, 15) is 9.59 Å². The first kappa shape index (κ1) is 19.2. The molecule has 6 heteroatoms. The lowest BCUT2D eigenvalue weighted by Crippen LogP contribution is -2.58. The number of rotatable bonds is 3. The lowest BCUT2D eigenvalue weighted by Gasteiger charge is -2.47. The van der Waals surface area contributed by atoms with E-state index in [-0.39, 0.29) is 23.3 Å². The fraction of sp³-hybridized carbons (Fsp3) is 0.545. The number of aromatic nitrogens is 1. The number of likely N-dealkylation sites (tertiary alicyclic amines) is 1. The second-order valence-electron chi connectivity index (χ2n) is 8.29. The molecule has 0 bridgehead atoms. The summed E-state index contributed by atoms with van der Waals surface area (Å²) in [6.45, 7) is 7.37. The first-order chi connectivity index (χ1) is 13.4. The number of ether oxygens (including phenoxy) is 1. The average molecular weight is 383 g/mol. The topological polar surface area (TPSA) is 54.8 Å². The zero-order valence-corrected chi connectivity index (χ0v) is 17.0. The number of fused-ring (bicyclic) bond motifs is 1. The van der Waals surface area contributed by atoms with Crippen molar-refractivity contribution in [2.24, 2.45) is 0 Å². The van der Waals surface area contributed by atoms with Crippen molar-refractivity contribution in [3.05, 3.63) is 36.0 Å². The first-order valence-corrected chi connectivity index (χ1v) is 10.1. The molecule has 1 unspecified atom stereocenters. The molecule has 2 saturated heterocycles. The molecule has 1 aromatic carbocycles. The molecule has 2 aliphatic heterocycles. The van der Waals surface area contributed by atoms with Crippen molar-refractivity contribution >= 4 is 22.6 Å². The Bertz CT molecular complexity index is 896. The van der Waals surface area contributed by atoms with Crippen LogP contribution in [0.4, 0.5) is 0 Å². The molecule has 1 aromatic heterocycles. The maximum absolute atomic E-state index is 13.4. The number of piperidine rings is 1. The summed E-state index contributed by atoms with van der Waals surface area (Å²) in [6, 6.07) is 7.43. The van der Waals surface area contributed by atoms with Crippen LogP contribution in [0, 0.1) is 0 Å². The Morgan fingerprint density at radius 1 is 1.14 bits per heavy atom. The van der Waals surface area contributed by atoms with Gasteiger partial charge in [-0.2, -0.15) is 0 Å². The van der Waals surface area contributed by atoms with Gasteiger partial charge in [-0.05, 0) is 39.8 Å². The highest BCUT2D eigenvalue weighted by molar-refractivity contribution is 6.07. The van der Waals surface area contributed by atoms with Crippen molar-refractivity contribution in [2.45, 2.75) is 38.3 Å². The Morgan fingerprint density at radius 2 is 1.86 bits per heavy atom. The van der Waals surface area contributed by atoms with Crippen molar-refractivity contribution in [1.29, 1.82) is 0 Å².